The number of urea groups is 1. The number of aliphatic hydroxyl groups excluding tert-OH is 1. The number of carbonyl (C=O) groups excluding carboxylic acids is 1. The average molecular weight is 331 g/mol. The van der Waals surface area contributed by atoms with E-state index in [0.29, 0.717) is 29.5 Å². The van der Waals surface area contributed by atoms with Gasteiger partial charge in [0.25, 0.3) is 0 Å². The van der Waals surface area contributed by atoms with Crippen molar-refractivity contribution in [1.29, 1.82) is 0 Å². The van der Waals surface area contributed by atoms with Crippen molar-refractivity contribution < 1.29 is 14.6 Å². The predicted octanol–water partition coefficient (Wildman–Crippen LogP) is 2.23. The van der Waals surface area contributed by atoms with Crippen LogP contribution in [0, 0.1) is 6.92 Å². The van der Waals surface area contributed by atoms with Gasteiger partial charge < -0.3 is 20.5 Å². The number of hydrogen-bond donors (Lipinski definition) is 4. The number of rotatable bonds is 6. The second-order valence-corrected chi connectivity index (χ2v) is 5.26. The number of nitrogens with zero attached hydrogens (tertiary/aromatic N) is 2. The number of nitrogens with one attached hydrogen (secondary N) is 3. The molecule has 0 radical (unpaired) electrons. The topological polar surface area (TPSA) is 108 Å². The van der Waals surface area contributed by atoms with E-state index in [0.717, 1.165) is 0 Å². The summed E-state index contributed by atoms with van der Waals surface area (Å²) < 4.78 is 5.11. The molecule has 4 N–H and O–H groups in total. The highest BCUT2D eigenvalue weighted by molar-refractivity contribution is 5.98. The maximum absolute atomic E-state index is 12.1. The molecular formula is C16H21N5O3. The third-order valence-electron chi connectivity index (χ3n) is 2.99. The zero-order valence-corrected chi connectivity index (χ0v) is 13.8. The summed E-state index contributed by atoms with van der Waals surface area (Å²) in [6, 6.07) is 8.27. The summed E-state index contributed by atoms with van der Waals surface area (Å²) in [5.74, 6) is 1.34. The molecule has 1 atom stereocenters. The van der Waals surface area contributed by atoms with Crippen LogP contribution in [-0.4, -0.2) is 40.9 Å². The van der Waals surface area contributed by atoms with Crippen molar-refractivity contribution in [2.45, 2.75) is 20.0 Å². The van der Waals surface area contributed by atoms with Crippen LogP contribution in [0.15, 0.2) is 30.3 Å². The second-order valence-electron chi connectivity index (χ2n) is 5.26. The Balaban J connectivity index is 2.02. The van der Waals surface area contributed by atoms with Gasteiger partial charge in [-0.05, 0) is 26.0 Å². The first-order valence-corrected chi connectivity index (χ1v) is 7.46. The Labute approximate surface area is 140 Å². The van der Waals surface area contributed by atoms with Crippen LogP contribution in [0.5, 0.6) is 5.75 Å². The number of aromatic nitrogens is 2. The molecule has 2 aromatic rings. The van der Waals surface area contributed by atoms with Crippen molar-refractivity contribution in [2.24, 2.45) is 0 Å². The SMILES string of the molecule is COc1cccc(NC(=O)Nc2nc(C)cc(NCC(C)O)n2)c1. The highest BCUT2D eigenvalue weighted by Crippen LogP contribution is 2.17. The molecule has 0 saturated carbocycles. The number of methoxy groups -OCH3 is 1. The Morgan fingerprint density at radius 3 is 2.79 bits per heavy atom. The summed E-state index contributed by atoms with van der Waals surface area (Å²) in [5.41, 5.74) is 1.28. The Morgan fingerprint density at radius 2 is 2.08 bits per heavy atom. The van der Waals surface area contributed by atoms with E-state index in [1.165, 1.54) is 0 Å². The van der Waals surface area contributed by atoms with E-state index in [1.807, 2.05) is 0 Å². The van der Waals surface area contributed by atoms with E-state index in [4.69, 9.17) is 4.74 Å². The first kappa shape index (κ1) is 17.5. The lowest BCUT2D eigenvalue weighted by atomic mass is 10.3. The molecule has 0 bridgehead atoms. The van der Waals surface area contributed by atoms with E-state index < -0.39 is 12.1 Å². The van der Waals surface area contributed by atoms with Gasteiger partial charge in [-0.1, -0.05) is 6.07 Å². The largest absolute Gasteiger partial charge is 0.497 e. The summed E-state index contributed by atoms with van der Waals surface area (Å²) in [7, 11) is 1.56. The summed E-state index contributed by atoms with van der Waals surface area (Å²) in [5, 5.41) is 17.5. The number of carbonyl (C=O) groups is 1. The molecule has 2 rings (SSSR count). The number of benzene rings is 1. The zero-order valence-electron chi connectivity index (χ0n) is 13.8. The van der Waals surface area contributed by atoms with Crippen LogP contribution < -0.4 is 20.7 Å². The standard InChI is InChI=1S/C16H21N5O3/c1-10-7-14(17-9-11(2)22)20-15(18-10)21-16(23)19-12-5-4-6-13(8-12)24-3/h4-8,11,22H,9H2,1-3H3,(H3,17,18,19,20,21,23). The highest BCUT2D eigenvalue weighted by Gasteiger charge is 2.08. The fourth-order valence-electron chi connectivity index (χ4n) is 1.93. The maximum atomic E-state index is 12.1. The van der Waals surface area contributed by atoms with Crippen LogP contribution in [0.25, 0.3) is 0 Å². The van der Waals surface area contributed by atoms with Crippen LogP contribution in [0.4, 0.5) is 22.2 Å². The summed E-state index contributed by atoms with van der Waals surface area (Å²) in [6.45, 7) is 3.81. The van der Waals surface area contributed by atoms with Crippen LogP contribution in [-0.2, 0) is 0 Å². The molecule has 8 heteroatoms. The van der Waals surface area contributed by atoms with Crippen molar-refractivity contribution >= 4 is 23.5 Å². The first-order chi connectivity index (χ1) is 11.5. The zero-order chi connectivity index (χ0) is 17.5. The fraction of sp³-hybridized carbons (Fsp3) is 0.312. The lowest BCUT2D eigenvalue weighted by Crippen LogP contribution is -2.22. The number of aryl methyl sites for hydroxylation is 1. The van der Waals surface area contributed by atoms with Gasteiger partial charge in [0.05, 0.1) is 13.2 Å². The molecule has 2 amide bonds. The molecule has 8 nitrogen and oxygen atoms in total. The van der Waals surface area contributed by atoms with Crippen LogP contribution in [0.3, 0.4) is 0 Å². The molecule has 0 fully saturated rings. The molecule has 1 aromatic heterocycles. The van der Waals surface area contributed by atoms with Gasteiger partial charge in [-0.2, -0.15) is 4.98 Å². The van der Waals surface area contributed by atoms with E-state index in [9.17, 15) is 9.90 Å². The van der Waals surface area contributed by atoms with Gasteiger partial charge in [-0.3, -0.25) is 5.32 Å². The van der Waals surface area contributed by atoms with Gasteiger partial charge in [0, 0.05) is 30.1 Å². The van der Waals surface area contributed by atoms with Gasteiger partial charge in [0.2, 0.25) is 5.95 Å². The summed E-state index contributed by atoms with van der Waals surface area (Å²) in [6.07, 6.45) is -0.506. The molecule has 0 aliphatic rings. The van der Waals surface area contributed by atoms with E-state index >= 15 is 0 Å². The van der Waals surface area contributed by atoms with Crippen molar-refractivity contribution in [2.75, 3.05) is 29.6 Å². The van der Waals surface area contributed by atoms with Crippen molar-refractivity contribution in [3.8, 4) is 5.75 Å². The lowest BCUT2D eigenvalue weighted by molar-refractivity contribution is 0.208. The van der Waals surface area contributed by atoms with Crippen molar-refractivity contribution in [3.63, 3.8) is 0 Å². The third kappa shape index (κ3) is 5.40. The predicted molar refractivity (Wildman–Crippen MR) is 92.6 cm³/mol. The molecule has 128 valence electrons. The Hall–Kier alpha value is -2.87. The van der Waals surface area contributed by atoms with Crippen molar-refractivity contribution in [3.05, 3.63) is 36.0 Å². The number of ether oxygens (including phenoxy) is 1. The number of aliphatic hydroxyl groups is 1. The average Bonchev–Trinajstić information content (AvgIpc) is 2.52. The van der Waals surface area contributed by atoms with Gasteiger partial charge in [0.15, 0.2) is 0 Å². The number of hydrogen-bond acceptors (Lipinski definition) is 6. The first-order valence-electron chi connectivity index (χ1n) is 7.46. The maximum Gasteiger partial charge on any atom is 0.326 e. The normalized spacial score (nSPS) is 11.5. The van der Waals surface area contributed by atoms with Crippen LogP contribution in [0.2, 0.25) is 0 Å². The van der Waals surface area contributed by atoms with E-state index in [2.05, 4.69) is 25.9 Å². The summed E-state index contributed by atoms with van der Waals surface area (Å²) in [4.78, 5) is 20.4. The Kier molecular flexibility index (Phi) is 5.91. The summed E-state index contributed by atoms with van der Waals surface area (Å²) >= 11 is 0. The third-order valence-corrected chi connectivity index (χ3v) is 2.99. The fourth-order valence-corrected chi connectivity index (χ4v) is 1.93. The minimum Gasteiger partial charge on any atom is -0.497 e. The second kappa shape index (κ2) is 8.11. The molecule has 1 aromatic carbocycles. The van der Waals surface area contributed by atoms with Gasteiger partial charge in [-0.25, -0.2) is 9.78 Å². The number of amides is 2. The lowest BCUT2D eigenvalue weighted by Gasteiger charge is -2.11. The van der Waals surface area contributed by atoms with Crippen molar-refractivity contribution in [1.82, 2.24) is 9.97 Å². The minimum atomic E-state index is -0.506. The molecule has 1 unspecified atom stereocenters. The van der Waals surface area contributed by atoms with Crippen LogP contribution in [0.1, 0.15) is 12.6 Å². The molecular weight excluding hydrogens is 310 g/mol. The molecule has 24 heavy (non-hydrogen) atoms. The van der Waals surface area contributed by atoms with Gasteiger partial charge in [-0.15, -0.1) is 0 Å². The molecule has 0 aliphatic heterocycles. The van der Waals surface area contributed by atoms with E-state index in [-0.39, 0.29) is 5.95 Å². The molecule has 0 aliphatic carbocycles. The molecule has 0 spiro atoms. The van der Waals surface area contributed by atoms with E-state index in [1.54, 1.807) is 51.3 Å². The minimum absolute atomic E-state index is 0.170. The Morgan fingerprint density at radius 1 is 1.29 bits per heavy atom. The Bertz CT molecular complexity index is 706. The van der Waals surface area contributed by atoms with Gasteiger partial charge >= 0.3 is 6.03 Å². The molecule has 1 heterocycles. The highest BCUT2D eigenvalue weighted by atomic mass is 16.5. The van der Waals surface area contributed by atoms with Gasteiger partial charge in [0.1, 0.15) is 11.6 Å². The quantitative estimate of drug-likeness (QED) is 0.646. The smallest absolute Gasteiger partial charge is 0.326 e. The monoisotopic (exact) mass is 331 g/mol. The molecule has 0 saturated heterocycles. The number of anilines is 3. The van der Waals surface area contributed by atoms with Crippen LogP contribution >= 0.6 is 0 Å².